The van der Waals surface area contributed by atoms with Crippen LogP contribution in [0, 0.1) is 0 Å². The lowest BCUT2D eigenvalue weighted by Crippen LogP contribution is -2.21. The van der Waals surface area contributed by atoms with Crippen LogP contribution in [0.4, 0.5) is 0 Å². The first-order valence-corrected chi connectivity index (χ1v) is 7.23. The Kier molecular flexibility index (Phi) is 4.94. The maximum Gasteiger partial charge on any atom is 0.197 e. The van der Waals surface area contributed by atoms with Crippen LogP contribution in [-0.2, 0) is 11.0 Å². The zero-order valence-electron chi connectivity index (χ0n) is 10.4. The topological polar surface area (TPSA) is 55.2 Å². The van der Waals surface area contributed by atoms with Crippen molar-refractivity contribution < 1.29 is 4.21 Å². The van der Waals surface area contributed by atoms with Gasteiger partial charge in [-0.25, -0.2) is 14.2 Å². The quantitative estimate of drug-likeness (QED) is 0.636. The number of nitrogens with zero attached hydrogens (tertiary/aromatic N) is 3. The summed E-state index contributed by atoms with van der Waals surface area (Å²) in [6.45, 7) is 7.66. The minimum absolute atomic E-state index is 0.356. The van der Waals surface area contributed by atoms with Crippen LogP contribution in [0.3, 0.4) is 0 Å². The van der Waals surface area contributed by atoms with Gasteiger partial charge in [0.1, 0.15) is 11.0 Å². The van der Waals surface area contributed by atoms with E-state index >= 15 is 0 Å². The summed E-state index contributed by atoms with van der Waals surface area (Å²) in [5.41, 5.74) is 1.45. The van der Waals surface area contributed by atoms with Gasteiger partial charge in [0.25, 0.3) is 0 Å². The number of aromatic nitrogens is 2. The second-order valence-corrected chi connectivity index (χ2v) is 7.08. The SMILES string of the molecule is CCC(=NS(=O)C(C)(C)C)c1ccnc(Br)n1. The second-order valence-electron chi connectivity index (χ2n) is 4.46. The monoisotopic (exact) mass is 317 g/mol. The first-order valence-electron chi connectivity index (χ1n) is 5.33. The van der Waals surface area contributed by atoms with Gasteiger partial charge in [-0.2, -0.15) is 4.40 Å². The van der Waals surface area contributed by atoms with Crippen LogP contribution < -0.4 is 0 Å². The number of halogens is 1. The van der Waals surface area contributed by atoms with Crippen molar-refractivity contribution in [1.82, 2.24) is 9.97 Å². The highest BCUT2D eigenvalue weighted by atomic mass is 79.9. The Morgan fingerprint density at radius 1 is 1.53 bits per heavy atom. The molecule has 0 saturated heterocycles. The molecule has 0 N–H and O–H groups in total. The lowest BCUT2D eigenvalue weighted by molar-refractivity contribution is 0.650. The van der Waals surface area contributed by atoms with Crippen molar-refractivity contribution in [1.29, 1.82) is 0 Å². The normalized spacial score (nSPS) is 14.8. The minimum atomic E-state index is -1.26. The predicted octanol–water partition coefficient (Wildman–Crippen LogP) is 2.90. The molecule has 0 aliphatic carbocycles. The second kappa shape index (κ2) is 5.82. The van der Waals surface area contributed by atoms with Crippen molar-refractivity contribution >= 4 is 32.6 Å². The Morgan fingerprint density at radius 3 is 2.65 bits per heavy atom. The summed E-state index contributed by atoms with van der Waals surface area (Å²) in [4.78, 5) is 8.18. The van der Waals surface area contributed by atoms with Crippen LogP contribution in [-0.4, -0.2) is 24.6 Å². The van der Waals surface area contributed by atoms with Gasteiger partial charge in [-0.3, -0.25) is 0 Å². The molecule has 0 fully saturated rings. The average Bonchev–Trinajstić information content (AvgIpc) is 2.24. The standard InChI is InChI=1S/C11H16BrN3OS/c1-5-8(15-17(16)11(2,3)4)9-6-7-13-10(12)14-9/h6-7H,5H2,1-4H3. The summed E-state index contributed by atoms with van der Waals surface area (Å²) < 4.78 is 16.4. The molecule has 1 aromatic heterocycles. The molecule has 0 spiro atoms. The van der Waals surface area contributed by atoms with Gasteiger partial charge in [-0.15, -0.1) is 0 Å². The van der Waals surface area contributed by atoms with E-state index < -0.39 is 11.0 Å². The summed E-state index contributed by atoms with van der Waals surface area (Å²) in [5, 5.41) is 0. The van der Waals surface area contributed by atoms with Crippen LogP contribution in [0.15, 0.2) is 21.4 Å². The Bertz CT molecular complexity index is 454. The van der Waals surface area contributed by atoms with Crippen LogP contribution in [0.5, 0.6) is 0 Å². The van der Waals surface area contributed by atoms with Gasteiger partial charge in [-0.1, -0.05) is 6.92 Å². The smallest absolute Gasteiger partial charge is 0.197 e. The Labute approximate surface area is 113 Å². The molecule has 1 atom stereocenters. The molecule has 1 rings (SSSR count). The maximum atomic E-state index is 12.0. The van der Waals surface area contributed by atoms with Crippen LogP contribution in [0.25, 0.3) is 0 Å². The molecule has 1 aromatic rings. The predicted molar refractivity (Wildman–Crippen MR) is 74.5 cm³/mol. The Hall–Kier alpha value is -0.620. The minimum Gasteiger partial charge on any atom is -0.234 e. The Balaban J connectivity index is 3.08. The fourth-order valence-corrected chi connectivity index (χ4v) is 2.03. The fraction of sp³-hybridized carbons (Fsp3) is 0.545. The number of hydrogen-bond donors (Lipinski definition) is 0. The fourth-order valence-electron chi connectivity index (χ4n) is 1.03. The van der Waals surface area contributed by atoms with Crippen molar-refractivity contribution in [3.05, 3.63) is 22.7 Å². The van der Waals surface area contributed by atoms with Crippen molar-refractivity contribution in [2.45, 2.75) is 38.9 Å². The van der Waals surface area contributed by atoms with Gasteiger partial charge < -0.3 is 0 Å². The first kappa shape index (κ1) is 14.4. The molecular formula is C11H16BrN3OS. The van der Waals surface area contributed by atoms with Gasteiger partial charge in [0.15, 0.2) is 4.73 Å². The van der Waals surface area contributed by atoms with Gasteiger partial charge in [0.05, 0.1) is 16.2 Å². The molecule has 0 saturated carbocycles. The summed E-state index contributed by atoms with van der Waals surface area (Å²) in [7, 11) is -1.26. The Morgan fingerprint density at radius 2 is 2.18 bits per heavy atom. The number of rotatable bonds is 3. The highest BCUT2D eigenvalue weighted by Gasteiger charge is 2.20. The number of hydrogen-bond acceptors (Lipinski definition) is 3. The largest absolute Gasteiger partial charge is 0.234 e. The average molecular weight is 318 g/mol. The van der Waals surface area contributed by atoms with E-state index in [-0.39, 0.29) is 4.75 Å². The molecule has 0 aliphatic rings. The van der Waals surface area contributed by atoms with E-state index in [9.17, 15) is 4.21 Å². The summed E-state index contributed by atoms with van der Waals surface area (Å²) in [5.74, 6) is 0. The van der Waals surface area contributed by atoms with Crippen molar-refractivity contribution in [2.75, 3.05) is 0 Å². The van der Waals surface area contributed by atoms with Gasteiger partial charge >= 0.3 is 0 Å². The van der Waals surface area contributed by atoms with E-state index in [4.69, 9.17) is 0 Å². The molecule has 94 valence electrons. The first-order chi connectivity index (χ1) is 7.84. The third-order valence-corrected chi connectivity index (χ3v) is 3.79. The highest BCUT2D eigenvalue weighted by Crippen LogP contribution is 2.15. The van der Waals surface area contributed by atoms with Crippen molar-refractivity contribution in [3.8, 4) is 0 Å². The van der Waals surface area contributed by atoms with Crippen molar-refractivity contribution in [3.63, 3.8) is 0 Å². The third kappa shape index (κ3) is 4.27. The van der Waals surface area contributed by atoms with Crippen LogP contribution >= 0.6 is 15.9 Å². The molecule has 1 heterocycles. The van der Waals surface area contributed by atoms with E-state index in [1.807, 2.05) is 27.7 Å². The molecule has 0 bridgehead atoms. The molecule has 0 aliphatic heterocycles. The third-order valence-electron chi connectivity index (χ3n) is 1.97. The van der Waals surface area contributed by atoms with Gasteiger partial charge in [0.2, 0.25) is 0 Å². The summed E-state index contributed by atoms with van der Waals surface area (Å²) in [6, 6.07) is 1.77. The molecular weight excluding hydrogens is 302 g/mol. The molecule has 6 heteroatoms. The molecule has 17 heavy (non-hydrogen) atoms. The van der Waals surface area contributed by atoms with Crippen molar-refractivity contribution in [2.24, 2.45) is 4.40 Å². The van der Waals surface area contributed by atoms with E-state index in [0.29, 0.717) is 16.8 Å². The van der Waals surface area contributed by atoms with Crippen LogP contribution in [0.1, 0.15) is 39.8 Å². The maximum absolute atomic E-state index is 12.0. The molecule has 4 nitrogen and oxygen atoms in total. The van der Waals surface area contributed by atoms with E-state index in [0.717, 1.165) is 5.71 Å². The summed E-state index contributed by atoms with van der Waals surface area (Å²) >= 11 is 3.21. The molecule has 0 aromatic carbocycles. The lowest BCUT2D eigenvalue weighted by atomic mass is 10.2. The van der Waals surface area contributed by atoms with E-state index in [2.05, 4.69) is 30.3 Å². The molecule has 1 unspecified atom stereocenters. The highest BCUT2D eigenvalue weighted by molar-refractivity contribution is 9.10. The molecule has 0 radical (unpaired) electrons. The van der Waals surface area contributed by atoms with E-state index in [1.165, 1.54) is 0 Å². The molecule has 0 amide bonds. The lowest BCUT2D eigenvalue weighted by Gasteiger charge is -2.14. The van der Waals surface area contributed by atoms with Crippen LogP contribution in [0.2, 0.25) is 0 Å². The van der Waals surface area contributed by atoms with Gasteiger partial charge in [0, 0.05) is 6.20 Å². The van der Waals surface area contributed by atoms with Gasteiger partial charge in [-0.05, 0) is 49.2 Å². The zero-order chi connectivity index (χ0) is 13.1. The zero-order valence-corrected chi connectivity index (χ0v) is 12.8. The summed E-state index contributed by atoms with van der Waals surface area (Å²) in [6.07, 6.45) is 2.34. The van der Waals surface area contributed by atoms with E-state index in [1.54, 1.807) is 12.3 Å².